The van der Waals surface area contributed by atoms with Crippen molar-refractivity contribution in [2.45, 2.75) is 0 Å². The first kappa shape index (κ1) is 21.1. The van der Waals surface area contributed by atoms with Gasteiger partial charge in [-0.25, -0.2) is 18.7 Å². The Morgan fingerprint density at radius 1 is 0.824 bits per heavy atom. The van der Waals surface area contributed by atoms with Crippen LogP contribution in [-0.4, -0.2) is 20.9 Å². The Kier molecular flexibility index (Phi) is 5.39. The second kappa shape index (κ2) is 8.67. The molecule has 166 valence electrons. The van der Waals surface area contributed by atoms with Gasteiger partial charge in [0.2, 0.25) is 0 Å². The van der Waals surface area contributed by atoms with E-state index in [1.165, 1.54) is 12.1 Å². The number of para-hydroxylation sites is 1. The van der Waals surface area contributed by atoms with Crippen LogP contribution in [-0.2, 0) is 0 Å². The van der Waals surface area contributed by atoms with E-state index in [-0.39, 0.29) is 0 Å². The molecule has 0 spiro atoms. The van der Waals surface area contributed by atoms with Crippen molar-refractivity contribution in [2.75, 3.05) is 5.32 Å². The zero-order valence-corrected chi connectivity index (χ0v) is 17.7. The minimum atomic E-state index is -0.667. The van der Waals surface area contributed by atoms with Gasteiger partial charge in [-0.2, -0.15) is 0 Å². The predicted molar refractivity (Wildman–Crippen MR) is 126 cm³/mol. The molecule has 0 fully saturated rings. The van der Waals surface area contributed by atoms with E-state index in [9.17, 15) is 13.6 Å². The predicted octanol–water partition coefficient (Wildman–Crippen LogP) is 5.48. The van der Waals surface area contributed by atoms with Crippen LogP contribution in [0, 0.1) is 11.6 Å². The summed E-state index contributed by atoms with van der Waals surface area (Å²) in [7, 11) is 0. The Bertz CT molecular complexity index is 1520. The van der Waals surface area contributed by atoms with Gasteiger partial charge >= 0.3 is 0 Å². The lowest BCUT2D eigenvalue weighted by molar-refractivity contribution is 0.100. The molecule has 5 aromatic rings. The molecule has 3 N–H and O–H groups in total. The zero-order chi connectivity index (χ0) is 23.7. The molecular weight excluding hydrogens is 436 g/mol. The molecule has 34 heavy (non-hydrogen) atoms. The van der Waals surface area contributed by atoms with Gasteiger partial charge in [-0.15, -0.1) is 0 Å². The largest absolute Gasteiger partial charge is 0.366 e. The van der Waals surface area contributed by atoms with E-state index in [1.807, 2.05) is 6.07 Å². The smallest absolute Gasteiger partial charge is 0.250 e. The van der Waals surface area contributed by atoms with Crippen molar-refractivity contribution in [3.63, 3.8) is 0 Å². The number of aromatic nitrogens is 3. The molecule has 0 aliphatic rings. The van der Waals surface area contributed by atoms with Crippen LogP contribution in [0.25, 0.3) is 33.4 Å². The molecule has 0 unspecified atom stereocenters. The van der Waals surface area contributed by atoms with Gasteiger partial charge in [-0.1, -0.05) is 18.2 Å². The fraction of sp³-hybridized carbons (Fsp3) is 0. The van der Waals surface area contributed by atoms with Gasteiger partial charge in [0.15, 0.2) is 5.82 Å². The van der Waals surface area contributed by atoms with Gasteiger partial charge < -0.3 is 11.1 Å². The summed E-state index contributed by atoms with van der Waals surface area (Å²) < 4.78 is 27.6. The Balaban J connectivity index is 1.70. The van der Waals surface area contributed by atoms with E-state index in [0.29, 0.717) is 50.5 Å². The summed E-state index contributed by atoms with van der Waals surface area (Å²) in [4.78, 5) is 25.4. The molecular formula is C26H17F2N5O. The van der Waals surface area contributed by atoms with Crippen LogP contribution < -0.4 is 11.1 Å². The van der Waals surface area contributed by atoms with Gasteiger partial charge in [0.05, 0.1) is 16.8 Å². The van der Waals surface area contributed by atoms with Crippen LogP contribution >= 0.6 is 0 Å². The first-order chi connectivity index (χ1) is 16.5. The molecule has 0 radical (unpaired) electrons. The summed E-state index contributed by atoms with van der Waals surface area (Å²) in [6.07, 6.45) is 3.28. The van der Waals surface area contributed by atoms with Crippen molar-refractivity contribution in [1.82, 2.24) is 15.0 Å². The Morgan fingerprint density at radius 3 is 2.35 bits per heavy atom. The van der Waals surface area contributed by atoms with Gasteiger partial charge in [-0.3, -0.25) is 9.78 Å². The summed E-state index contributed by atoms with van der Waals surface area (Å²) in [6, 6.07) is 19.0. The third-order valence-corrected chi connectivity index (χ3v) is 5.26. The van der Waals surface area contributed by atoms with Crippen LogP contribution in [0.4, 0.5) is 20.3 Å². The van der Waals surface area contributed by atoms with Gasteiger partial charge in [0.25, 0.3) is 5.91 Å². The number of carbonyl (C=O) groups excluding carboxylic acids is 1. The number of primary amides is 1. The molecule has 3 aromatic carbocycles. The highest BCUT2D eigenvalue weighted by atomic mass is 19.1. The molecule has 1 amide bonds. The average molecular weight is 453 g/mol. The number of fused-ring (bicyclic) bond motifs is 1. The number of hydrogen-bond acceptors (Lipinski definition) is 5. The lowest BCUT2D eigenvalue weighted by atomic mass is 10.0. The number of nitrogens with zero attached hydrogens (tertiary/aromatic N) is 3. The number of pyridine rings is 1. The third kappa shape index (κ3) is 4.16. The Morgan fingerprint density at radius 2 is 1.62 bits per heavy atom. The maximum atomic E-state index is 13.8. The molecule has 0 atom stereocenters. The van der Waals surface area contributed by atoms with Gasteiger partial charge in [-0.05, 0) is 59.7 Å². The summed E-state index contributed by atoms with van der Waals surface area (Å²) in [6.45, 7) is 0. The van der Waals surface area contributed by atoms with Crippen molar-refractivity contribution in [1.29, 1.82) is 0 Å². The minimum Gasteiger partial charge on any atom is -0.366 e. The van der Waals surface area contributed by atoms with Gasteiger partial charge in [0.1, 0.15) is 17.5 Å². The minimum absolute atomic E-state index is 0.309. The quantitative estimate of drug-likeness (QED) is 0.368. The van der Waals surface area contributed by atoms with Gasteiger partial charge in [0, 0.05) is 29.4 Å². The van der Waals surface area contributed by atoms with Crippen molar-refractivity contribution in [3.05, 3.63) is 102 Å². The molecule has 0 bridgehead atoms. The number of nitrogens with two attached hydrogens (primary N) is 1. The monoisotopic (exact) mass is 453 g/mol. The molecule has 2 aromatic heterocycles. The van der Waals surface area contributed by atoms with E-state index < -0.39 is 17.5 Å². The van der Waals surface area contributed by atoms with E-state index in [1.54, 1.807) is 60.9 Å². The van der Waals surface area contributed by atoms with Crippen molar-refractivity contribution in [2.24, 2.45) is 5.73 Å². The number of halogens is 2. The number of carbonyl (C=O) groups is 1. The number of benzene rings is 3. The number of rotatable bonds is 5. The highest BCUT2D eigenvalue weighted by molar-refractivity contribution is 6.01. The van der Waals surface area contributed by atoms with Crippen LogP contribution in [0.3, 0.4) is 0 Å². The van der Waals surface area contributed by atoms with Crippen molar-refractivity contribution >= 4 is 28.3 Å². The summed E-state index contributed by atoms with van der Waals surface area (Å²) in [5.41, 5.74) is 8.52. The van der Waals surface area contributed by atoms with E-state index in [2.05, 4.69) is 20.3 Å². The van der Waals surface area contributed by atoms with Crippen molar-refractivity contribution < 1.29 is 13.6 Å². The van der Waals surface area contributed by atoms with Crippen LogP contribution in [0.15, 0.2) is 85.2 Å². The second-order valence-corrected chi connectivity index (χ2v) is 7.56. The Hall–Kier alpha value is -4.72. The second-order valence-electron chi connectivity index (χ2n) is 7.56. The van der Waals surface area contributed by atoms with Crippen LogP contribution in [0.5, 0.6) is 0 Å². The highest BCUT2D eigenvalue weighted by Gasteiger charge is 2.14. The first-order valence-electron chi connectivity index (χ1n) is 10.3. The highest BCUT2D eigenvalue weighted by Crippen LogP contribution is 2.32. The summed E-state index contributed by atoms with van der Waals surface area (Å²) >= 11 is 0. The third-order valence-electron chi connectivity index (χ3n) is 5.26. The molecule has 2 heterocycles. The summed E-state index contributed by atoms with van der Waals surface area (Å²) in [5, 5.41) is 3.84. The number of nitrogens with one attached hydrogen (secondary N) is 1. The fourth-order valence-electron chi connectivity index (χ4n) is 3.68. The van der Waals surface area contributed by atoms with E-state index in [4.69, 9.17) is 5.73 Å². The SMILES string of the molecule is NC(=O)c1ccccc1Nc1nc(-c2cccnc2)nc2cc(-c3cc(F)cc(F)c3)ccc12. The maximum absolute atomic E-state index is 13.8. The fourth-order valence-corrected chi connectivity index (χ4v) is 3.68. The van der Waals surface area contributed by atoms with Crippen LogP contribution in [0.1, 0.15) is 10.4 Å². The zero-order valence-electron chi connectivity index (χ0n) is 17.7. The molecule has 0 saturated carbocycles. The standard InChI is InChI=1S/C26H17F2N5O/c27-18-10-17(11-19(28)13-18)15-7-8-21-23(12-15)32-25(16-4-3-9-30-14-16)33-26(21)31-22-6-2-1-5-20(22)24(29)34/h1-14H,(H2,29,34)(H,31,32,33). The van der Waals surface area contributed by atoms with E-state index >= 15 is 0 Å². The number of amides is 1. The van der Waals surface area contributed by atoms with Crippen molar-refractivity contribution in [3.8, 4) is 22.5 Å². The molecule has 0 saturated heterocycles. The lowest BCUT2D eigenvalue weighted by Gasteiger charge is -2.14. The molecule has 0 aliphatic heterocycles. The summed E-state index contributed by atoms with van der Waals surface area (Å²) in [5.74, 6) is -1.08. The molecule has 8 heteroatoms. The lowest BCUT2D eigenvalue weighted by Crippen LogP contribution is -2.13. The van der Waals surface area contributed by atoms with Crippen LogP contribution in [0.2, 0.25) is 0 Å². The molecule has 6 nitrogen and oxygen atoms in total. The number of hydrogen-bond donors (Lipinski definition) is 2. The first-order valence-corrected chi connectivity index (χ1v) is 10.3. The molecule has 0 aliphatic carbocycles. The topological polar surface area (TPSA) is 93.8 Å². The normalized spacial score (nSPS) is 10.9. The maximum Gasteiger partial charge on any atom is 0.250 e. The van der Waals surface area contributed by atoms with E-state index in [0.717, 1.165) is 6.07 Å². The Labute approximate surface area is 193 Å². The molecule has 5 rings (SSSR count). The number of anilines is 2. The average Bonchev–Trinajstić information content (AvgIpc) is 2.83.